The first-order valence-electron chi connectivity index (χ1n) is 3.99. The van der Waals surface area contributed by atoms with Crippen LogP contribution in [0.25, 0.3) is 0 Å². The summed E-state index contributed by atoms with van der Waals surface area (Å²) in [5.74, 6) is 0. The quantitative estimate of drug-likeness (QED) is 0.519. The van der Waals surface area contributed by atoms with Gasteiger partial charge in [0, 0.05) is 19.1 Å². The maximum absolute atomic E-state index is 9.99. The molecule has 0 radical (unpaired) electrons. The molecule has 0 spiro atoms. The second kappa shape index (κ2) is 4.18. The zero-order chi connectivity index (χ0) is 8.10. The normalized spacial score (nSPS) is 17.5. The van der Waals surface area contributed by atoms with Crippen LogP contribution in [0.2, 0.25) is 0 Å². The van der Waals surface area contributed by atoms with Gasteiger partial charge in [0.15, 0.2) is 0 Å². The molecule has 0 unspecified atom stereocenters. The van der Waals surface area contributed by atoms with Crippen molar-refractivity contribution in [2.24, 2.45) is 0 Å². The third kappa shape index (κ3) is 3.23. The van der Waals surface area contributed by atoms with Crippen molar-refractivity contribution in [2.75, 3.05) is 13.1 Å². The summed E-state index contributed by atoms with van der Waals surface area (Å²) in [5.41, 5.74) is 0. The Hall–Kier alpha value is -0.770. The lowest BCUT2D eigenvalue weighted by molar-refractivity contribution is 0.194. The number of carbonyl (C=O) groups is 1. The van der Waals surface area contributed by atoms with Crippen LogP contribution in [0.15, 0.2) is 0 Å². The van der Waals surface area contributed by atoms with E-state index in [1.54, 1.807) is 0 Å². The molecular formula is C7H14N2O2. The highest BCUT2D eigenvalue weighted by atomic mass is 16.4. The average Bonchev–Trinajstić information content (AvgIpc) is 1.82. The highest BCUT2D eigenvalue weighted by molar-refractivity contribution is 5.64. The summed E-state index contributed by atoms with van der Waals surface area (Å²) < 4.78 is 0. The first-order valence-corrected chi connectivity index (χ1v) is 3.99. The van der Waals surface area contributed by atoms with Crippen molar-refractivity contribution in [3.8, 4) is 0 Å². The lowest BCUT2D eigenvalue weighted by Gasteiger charge is -2.26. The number of hydrogen-bond acceptors (Lipinski definition) is 2. The average molecular weight is 158 g/mol. The molecule has 1 fully saturated rings. The molecule has 0 saturated heterocycles. The van der Waals surface area contributed by atoms with Crippen LogP contribution in [-0.2, 0) is 0 Å². The van der Waals surface area contributed by atoms with E-state index in [0.717, 1.165) is 6.54 Å². The SMILES string of the molecule is O=C(O)NCCNC1CCC1. The molecule has 64 valence electrons. The van der Waals surface area contributed by atoms with Crippen LogP contribution in [0.4, 0.5) is 4.79 Å². The second-order valence-corrected chi connectivity index (χ2v) is 2.81. The monoisotopic (exact) mass is 158 g/mol. The van der Waals surface area contributed by atoms with E-state index in [2.05, 4.69) is 10.6 Å². The fourth-order valence-corrected chi connectivity index (χ4v) is 1.06. The Morgan fingerprint density at radius 1 is 1.45 bits per heavy atom. The Morgan fingerprint density at radius 2 is 2.18 bits per heavy atom. The Kier molecular flexibility index (Phi) is 3.16. The first kappa shape index (κ1) is 8.33. The van der Waals surface area contributed by atoms with Crippen molar-refractivity contribution < 1.29 is 9.90 Å². The highest BCUT2D eigenvalue weighted by Gasteiger charge is 2.15. The highest BCUT2D eigenvalue weighted by Crippen LogP contribution is 2.17. The van der Waals surface area contributed by atoms with Gasteiger partial charge in [0.2, 0.25) is 0 Å². The summed E-state index contributed by atoms with van der Waals surface area (Å²) in [6, 6.07) is 0.644. The summed E-state index contributed by atoms with van der Waals surface area (Å²) >= 11 is 0. The van der Waals surface area contributed by atoms with Crippen molar-refractivity contribution in [2.45, 2.75) is 25.3 Å². The maximum atomic E-state index is 9.99. The minimum Gasteiger partial charge on any atom is -0.465 e. The van der Waals surface area contributed by atoms with Crippen molar-refractivity contribution in [3.05, 3.63) is 0 Å². The molecule has 0 atom stereocenters. The molecule has 1 amide bonds. The van der Waals surface area contributed by atoms with Crippen LogP contribution >= 0.6 is 0 Å². The van der Waals surface area contributed by atoms with E-state index >= 15 is 0 Å². The third-order valence-electron chi connectivity index (χ3n) is 1.94. The lowest BCUT2D eigenvalue weighted by Crippen LogP contribution is -2.40. The van der Waals surface area contributed by atoms with Crippen LogP contribution < -0.4 is 10.6 Å². The molecule has 1 saturated carbocycles. The molecule has 0 bridgehead atoms. The predicted molar refractivity (Wildman–Crippen MR) is 41.7 cm³/mol. The van der Waals surface area contributed by atoms with Crippen molar-refractivity contribution in [1.82, 2.24) is 10.6 Å². The van der Waals surface area contributed by atoms with E-state index in [-0.39, 0.29) is 0 Å². The summed E-state index contributed by atoms with van der Waals surface area (Å²) in [7, 11) is 0. The largest absolute Gasteiger partial charge is 0.465 e. The van der Waals surface area contributed by atoms with Crippen LogP contribution in [-0.4, -0.2) is 30.3 Å². The van der Waals surface area contributed by atoms with Gasteiger partial charge in [-0.2, -0.15) is 0 Å². The van der Waals surface area contributed by atoms with Crippen molar-refractivity contribution >= 4 is 6.09 Å². The molecular weight excluding hydrogens is 144 g/mol. The number of amides is 1. The number of hydrogen-bond donors (Lipinski definition) is 3. The number of rotatable bonds is 4. The lowest BCUT2D eigenvalue weighted by atomic mass is 9.93. The molecule has 0 heterocycles. The molecule has 1 aliphatic carbocycles. The standard InChI is InChI=1S/C7H14N2O2/c10-7(11)9-5-4-8-6-2-1-3-6/h6,8-9H,1-5H2,(H,10,11). The zero-order valence-corrected chi connectivity index (χ0v) is 6.47. The molecule has 4 nitrogen and oxygen atoms in total. The Bertz CT molecular complexity index is 134. The molecule has 1 rings (SSSR count). The Labute approximate surface area is 66.0 Å². The first-order chi connectivity index (χ1) is 5.29. The number of carboxylic acid groups (broad SMARTS) is 1. The minimum absolute atomic E-state index is 0.506. The van der Waals surface area contributed by atoms with E-state index in [1.165, 1.54) is 19.3 Å². The fourth-order valence-electron chi connectivity index (χ4n) is 1.06. The fraction of sp³-hybridized carbons (Fsp3) is 0.857. The van der Waals surface area contributed by atoms with Gasteiger partial charge in [0.05, 0.1) is 0 Å². The third-order valence-corrected chi connectivity index (χ3v) is 1.94. The van der Waals surface area contributed by atoms with Crippen LogP contribution in [0.1, 0.15) is 19.3 Å². The smallest absolute Gasteiger partial charge is 0.404 e. The van der Waals surface area contributed by atoms with Gasteiger partial charge in [-0.25, -0.2) is 4.79 Å². The predicted octanol–water partition coefficient (Wildman–Crippen LogP) is 0.396. The zero-order valence-electron chi connectivity index (χ0n) is 6.47. The Balaban J connectivity index is 1.83. The molecule has 0 aliphatic heterocycles. The molecule has 4 heteroatoms. The van der Waals surface area contributed by atoms with Crippen LogP contribution in [0.5, 0.6) is 0 Å². The molecule has 1 aliphatic rings. The van der Waals surface area contributed by atoms with Gasteiger partial charge in [0.1, 0.15) is 0 Å². The van der Waals surface area contributed by atoms with E-state index in [9.17, 15) is 4.79 Å². The van der Waals surface area contributed by atoms with Crippen LogP contribution in [0.3, 0.4) is 0 Å². The maximum Gasteiger partial charge on any atom is 0.404 e. The van der Waals surface area contributed by atoms with Crippen LogP contribution in [0, 0.1) is 0 Å². The van der Waals surface area contributed by atoms with Gasteiger partial charge >= 0.3 is 6.09 Å². The second-order valence-electron chi connectivity index (χ2n) is 2.81. The topological polar surface area (TPSA) is 61.4 Å². The van der Waals surface area contributed by atoms with Gasteiger partial charge in [-0.1, -0.05) is 6.42 Å². The Morgan fingerprint density at radius 3 is 2.64 bits per heavy atom. The van der Waals surface area contributed by atoms with E-state index in [4.69, 9.17) is 5.11 Å². The van der Waals surface area contributed by atoms with Gasteiger partial charge in [-0.15, -0.1) is 0 Å². The summed E-state index contributed by atoms with van der Waals surface area (Å²) in [6.45, 7) is 1.25. The minimum atomic E-state index is -0.944. The van der Waals surface area contributed by atoms with Gasteiger partial charge < -0.3 is 15.7 Å². The van der Waals surface area contributed by atoms with Gasteiger partial charge in [0.25, 0.3) is 0 Å². The summed E-state index contributed by atoms with van der Waals surface area (Å²) in [5, 5.41) is 13.8. The van der Waals surface area contributed by atoms with Gasteiger partial charge in [-0.3, -0.25) is 0 Å². The summed E-state index contributed by atoms with van der Waals surface area (Å²) in [4.78, 5) is 9.99. The number of nitrogens with one attached hydrogen (secondary N) is 2. The molecule has 0 aromatic rings. The molecule has 0 aromatic carbocycles. The van der Waals surface area contributed by atoms with E-state index in [1.807, 2.05) is 0 Å². The molecule has 0 aromatic heterocycles. The van der Waals surface area contributed by atoms with Gasteiger partial charge in [-0.05, 0) is 12.8 Å². The van der Waals surface area contributed by atoms with E-state index < -0.39 is 6.09 Å². The summed E-state index contributed by atoms with van der Waals surface area (Å²) in [6.07, 6.45) is 2.85. The molecule has 11 heavy (non-hydrogen) atoms. The van der Waals surface area contributed by atoms with Crippen molar-refractivity contribution in [1.29, 1.82) is 0 Å². The molecule has 3 N–H and O–H groups in total. The van der Waals surface area contributed by atoms with E-state index in [0.29, 0.717) is 12.6 Å². The van der Waals surface area contributed by atoms with Crippen molar-refractivity contribution in [3.63, 3.8) is 0 Å².